The second-order valence-corrected chi connectivity index (χ2v) is 8.52. The van der Waals surface area contributed by atoms with Gasteiger partial charge in [0, 0.05) is 16.4 Å². The number of sulfonamides is 1. The summed E-state index contributed by atoms with van der Waals surface area (Å²) in [6, 6.07) is 7.92. The first-order chi connectivity index (χ1) is 13.5. The number of anilines is 1. The molecule has 3 rings (SSSR count). The van der Waals surface area contributed by atoms with E-state index in [-0.39, 0.29) is 16.0 Å². The van der Waals surface area contributed by atoms with Gasteiger partial charge in [0.15, 0.2) is 11.6 Å². The zero-order valence-corrected chi connectivity index (χ0v) is 17.4. The van der Waals surface area contributed by atoms with Crippen LogP contribution >= 0.6 is 15.9 Å². The van der Waals surface area contributed by atoms with Gasteiger partial charge in [0.2, 0.25) is 0 Å². The summed E-state index contributed by atoms with van der Waals surface area (Å²) < 4.78 is 71.7. The summed E-state index contributed by atoms with van der Waals surface area (Å²) in [5.41, 5.74) is 1.43. The van der Waals surface area contributed by atoms with E-state index in [0.29, 0.717) is 11.4 Å². The molecule has 3 aromatic rings. The molecule has 0 atom stereocenters. The maximum absolute atomic E-state index is 12.9. The van der Waals surface area contributed by atoms with Crippen LogP contribution in [-0.2, 0) is 10.0 Å². The van der Waals surface area contributed by atoms with Gasteiger partial charge in [-0.1, -0.05) is 15.9 Å². The zero-order chi connectivity index (χ0) is 21.4. The van der Waals surface area contributed by atoms with Gasteiger partial charge in [-0.15, -0.1) is 13.2 Å². The lowest BCUT2D eigenvalue weighted by Crippen LogP contribution is -2.21. The fourth-order valence-electron chi connectivity index (χ4n) is 2.60. The highest BCUT2D eigenvalue weighted by molar-refractivity contribution is 9.10. The first kappa shape index (κ1) is 21.1. The van der Waals surface area contributed by atoms with Crippen molar-refractivity contribution >= 4 is 31.6 Å². The molecule has 12 heteroatoms. The number of ether oxygens (including phenoxy) is 1. The summed E-state index contributed by atoms with van der Waals surface area (Å²) in [5.74, 6) is -0.687. The highest BCUT2D eigenvalue weighted by Crippen LogP contribution is 2.33. The largest absolute Gasteiger partial charge is 0.573 e. The Morgan fingerprint density at radius 2 is 1.90 bits per heavy atom. The Hall–Kier alpha value is -2.60. The molecule has 2 aromatic heterocycles. The molecule has 1 aromatic carbocycles. The molecule has 0 fully saturated rings. The summed E-state index contributed by atoms with van der Waals surface area (Å²) in [5, 5.41) is 4.26. The Labute approximate surface area is 172 Å². The molecule has 0 unspecified atom stereocenters. The Morgan fingerprint density at radius 3 is 2.52 bits per heavy atom. The third kappa shape index (κ3) is 4.88. The number of rotatable bonds is 5. The maximum atomic E-state index is 12.9. The van der Waals surface area contributed by atoms with Crippen LogP contribution in [0.4, 0.5) is 18.9 Å². The van der Waals surface area contributed by atoms with Gasteiger partial charge in [0.25, 0.3) is 10.0 Å². The molecule has 1 N–H and O–H groups in total. The molecular formula is C17H14BrF3N4O3S. The number of aromatic nitrogens is 3. The predicted octanol–water partition coefficient (Wildman–Crippen LogP) is 4.35. The number of nitrogens with zero attached hydrogens (tertiary/aromatic N) is 3. The van der Waals surface area contributed by atoms with Gasteiger partial charge in [-0.25, -0.2) is 18.1 Å². The van der Waals surface area contributed by atoms with E-state index in [1.54, 1.807) is 19.9 Å². The molecule has 0 amide bonds. The third-order valence-electron chi connectivity index (χ3n) is 3.66. The minimum Gasteiger partial charge on any atom is -0.404 e. The smallest absolute Gasteiger partial charge is 0.404 e. The standard InChI is InChI=1S/C17H14BrF3N4O3S/c1-10-8-11(2)25(23-10)16-13(4-3-7-22-16)24-29(26,27)15-6-5-12(18)9-14(15)28-17(19,20)21/h3-9,24H,1-2H3. The topological polar surface area (TPSA) is 86.1 Å². The highest BCUT2D eigenvalue weighted by atomic mass is 79.9. The second kappa shape index (κ2) is 7.67. The molecule has 0 saturated carbocycles. The van der Waals surface area contributed by atoms with E-state index in [0.717, 1.165) is 12.1 Å². The number of aryl methyl sites for hydroxylation is 2. The Balaban J connectivity index is 2.05. The Morgan fingerprint density at radius 1 is 1.17 bits per heavy atom. The molecule has 7 nitrogen and oxygen atoms in total. The monoisotopic (exact) mass is 490 g/mol. The molecule has 0 aliphatic carbocycles. The van der Waals surface area contributed by atoms with Crippen LogP contribution in [0.2, 0.25) is 0 Å². The number of hydrogen-bond donors (Lipinski definition) is 1. The first-order valence-electron chi connectivity index (χ1n) is 8.03. The van der Waals surface area contributed by atoms with Gasteiger partial charge in [0.05, 0.1) is 11.4 Å². The van der Waals surface area contributed by atoms with E-state index in [9.17, 15) is 21.6 Å². The van der Waals surface area contributed by atoms with Crippen LogP contribution in [0.15, 0.2) is 52.0 Å². The van der Waals surface area contributed by atoms with Gasteiger partial charge in [-0.2, -0.15) is 5.10 Å². The zero-order valence-electron chi connectivity index (χ0n) is 15.0. The molecule has 0 saturated heterocycles. The van der Waals surface area contributed by atoms with E-state index in [2.05, 4.69) is 35.5 Å². The van der Waals surface area contributed by atoms with Crippen molar-refractivity contribution in [1.29, 1.82) is 0 Å². The SMILES string of the molecule is Cc1cc(C)n(-c2ncccc2NS(=O)(=O)c2ccc(Br)cc2OC(F)(F)F)n1. The molecule has 0 aliphatic rings. The van der Waals surface area contributed by atoms with E-state index >= 15 is 0 Å². The third-order valence-corrected chi connectivity index (χ3v) is 5.56. The van der Waals surface area contributed by atoms with Crippen LogP contribution < -0.4 is 9.46 Å². The highest BCUT2D eigenvalue weighted by Gasteiger charge is 2.34. The average Bonchev–Trinajstić information content (AvgIpc) is 2.91. The van der Waals surface area contributed by atoms with Gasteiger partial charge < -0.3 is 4.74 Å². The number of nitrogens with one attached hydrogen (secondary N) is 1. The summed E-state index contributed by atoms with van der Waals surface area (Å²) in [4.78, 5) is 3.47. The van der Waals surface area contributed by atoms with Crippen molar-refractivity contribution in [1.82, 2.24) is 14.8 Å². The van der Waals surface area contributed by atoms with Crippen molar-refractivity contribution in [2.45, 2.75) is 25.1 Å². The summed E-state index contributed by atoms with van der Waals surface area (Å²) in [6.45, 7) is 3.52. The van der Waals surface area contributed by atoms with Gasteiger partial charge in [-0.05, 0) is 50.2 Å². The molecule has 0 bridgehead atoms. The summed E-state index contributed by atoms with van der Waals surface area (Å²) in [6.07, 6.45) is -3.62. The number of benzene rings is 1. The van der Waals surface area contributed by atoms with Crippen molar-refractivity contribution in [3.63, 3.8) is 0 Å². The number of alkyl halides is 3. The van der Waals surface area contributed by atoms with Crippen molar-refractivity contribution < 1.29 is 26.3 Å². The van der Waals surface area contributed by atoms with E-state index < -0.39 is 27.0 Å². The van der Waals surface area contributed by atoms with Crippen molar-refractivity contribution in [2.75, 3.05) is 4.72 Å². The molecule has 154 valence electrons. The fraction of sp³-hybridized carbons (Fsp3) is 0.176. The van der Waals surface area contributed by atoms with Gasteiger partial charge in [-0.3, -0.25) is 4.72 Å². The molecule has 0 aliphatic heterocycles. The lowest BCUT2D eigenvalue weighted by atomic mass is 10.3. The normalized spacial score (nSPS) is 12.1. The fourth-order valence-corrected chi connectivity index (χ4v) is 4.11. The van der Waals surface area contributed by atoms with Crippen LogP contribution in [0, 0.1) is 13.8 Å². The van der Waals surface area contributed by atoms with Crippen molar-refractivity contribution in [2.24, 2.45) is 0 Å². The van der Waals surface area contributed by atoms with Crippen molar-refractivity contribution in [3.8, 4) is 11.6 Å². The van der Waals surface area contributed by atoms with E-state index in [4.69, 9.17) is 0 Å². The van der Waals surface area contributed by atoms with Crippen LogP contribution in [-0.4, -0.2) is 29.5 Å². The lowest BCUT2D eigenvalue weighted by molar-refractivity contribution is -0.275. The van der Waals surface area contributed by atoms with Gasteiger partial charge in [0.1, 0.15) is 4.90 Å². The minimum atomic E-state index is -5.06. The number of hydrogen-bond acceptors (Lipinski definition) is 5. The van der Waals surface area contributed by atoms with Crippen LogP contribution in [0.3, 0.4) is 0 Å². The number of halogens is 4. The minimum absolute atomic E-state index is 0.0413. The molecular weight excluding hydrogens is 477 g/mol. The number of pyridine rings is 1. The molecule has 2 heterocycles. The van der Waals surface area contributed by atoms with Gasteiger partial charge >= 0.3 is 6.36 Å². The van der Waals surface area contributed by atoms with E-state index in [1.165, 1.54) is 29.1 Å². The lowest BCUT2D eigenvalue weighted by Gasteiger charge is -2.16. The van der Waals surface area contributed by atoms with E-state index in [1.807, 2.05) is 0 Å². The molecule has 0 radical (unpaired) electrons. The maximum Gasteiger partial charge on any atom is 0.573 e. The van der Waals surface area contributed by atoms with Crippen LogP contribution in [0.1, 0.15) is 11.4 Å². The molecule has 29 heavy (non-hydrogen) atoms. The summed E-state index contributed by atoms with van der Waals surface area (Å²) >= 11 is 3.01. The van der Waals surface area contributed by atoms with Crippen molar-refractivity contribution in [3.05, 3.63) is 58.5 Å². The predicted molar refractivity (Wildman–Crippen MR) is 102 cm³/mol. The van der Waals surface area contributed by atoms with Crippen LogP contribution in [0.5, 0.6) is 5.75 Å². The Bertz CT molecular complexity index is 1160. The first-order valence-corrected chi connectivity index (χ1v) is 10.3. The quantitative estimate of drug-likeness (QED) is 0.574. The average molecular weight is 491 g/mol. The molecule has 0 spiro atoms. The Kier molecular flexibility index (Phi) is 5.59. The summed E-state index contributed by atoms with van der Waals surface area (Å²) in [7, 11) is -4.45. The second-order valence-electron chi connectivity index (χ2n) is 5.96. The van der Waals surface area contributed by atoms with Crippen LogP contribution in [0.25, 0.3) is 5.82 Å².